The number of nitrogens with zero attached hydrogens (tertiary/aromatic N) is 6. The monoisotopic (exact) mass is 1130 g/mol. The van der Waals surface area contributed by atoms with Crippen molar-refractivity contribution in [3.05, 3.63) is 95.3 Å². The maximum atomic E-state index is 16.4. The summed E-state index contributed by atoms with van der Waals surface area (Å²) in [4.78, 5) is 62.0. The number of carbonyl (C=O) groups is 4. The van der Waals surface area contributed by atoms with Crippen LogP contribution in [0.15, 0.2) is 67.0 Å². The van der Waals surface area contributed by atoms with Crippen molar-refractivity contribution in [1.29, 1.82) is 0 Å². The highest BCUT2D eigenvalue weighted by atomic mass is 19.4. The van der Waals surface area contributed by atoms with Crippen molar-refractivity contribution in [3.63, 3.8) is 0 Å². The first kappa shape index (κ1) is 60.8. The zero-order chi connectivity index (χ0) is 58.2. The second kappa shape index (κ2) is 25.2. The molecule has 2 saturated heterocycles. The lowest BCUT2D eigenvalue weighted by molar-refractivity contribution is -0.221. The van der Waals surface area contributed by atoms with E-state index in [0.717, 1.165) is 78.1 Å². The standard InChI is InChI=1S/C51H58F10N10O8/c1-48(2,50(56,57)58)41(64-46(75)77-5)43(73)63-37(23-30-10-7-29(8-11-30)9-12-31-13-14-39(62-26-31)69-20-18-68(19-21-69)33-16-22-79-28-33)38(72)27-71(67-44(74)42(65-47(76)78-6)49(3,4)51(59,60)61)40-34(52)24-32(25-35(40)53)36-15-17-70(66-36)45(54)55/h7-8,10-11,13-15,17,24-26,33,37-38,41-42,45,72H,16,18-23,27-28H2,1-6H3,(H,63,73)(H,64,75)(H,65,76)(H,67,74)/t33-,37+,38+,41?,42-/m1/s1. The molecule has 4 amide bonds. The number of benzene rings is 2. The number of rotatable bonds is 18. The van der Waals surface area contributed by atoms with E-state index >= 15 is 8.78 Å². The molecule has 18 nitrogen and oxygen atoms in total. The van der Waals surface area contributed by atoms with Gasteiger partial charge in [0.1, 0.15) is 23.6 Å². The van der Waals surface area contributed by atoms with Crippen LogP contribution in [0.3, 0.4) is 0 Å². The van der Waals surface area contributed by atoms with E-state index in [9.17, 15) is 59.4 Å². The Kier molecular flexibility index (Phi) is 19.4. The summed E-state index contributed by atoms with van der Waals surface area (Å²) in [6, 6.07) is 5.02. The topological polar surface area (TPSA) is 205 Å². The van der Waals surface area contributed by atoms with Gasteiger partial charge in [0, 0.05) is 67.9 Å². The number of pyridine rings is 1. The number of aliphatic hydroxyl groups excluding tert-OH is 1. The Morgan fingerprint density at radius 3 is 1.85 bits per heavy atom. The zero-order valence-electron chi connectivity index (χ0n) is 43.4. The average molecular weight is 1130 g/mol. The molecule has 4 heterocycles. The van der Waals surface area contributed by atoms with E-state index in [1.54, 1.807) is 17.6 Å². The number of anilines is 2. The summed E-state index contributed by atoms with van der Waals surface area (Å²) in [5.74, 6) is 0.0523. The van der Waals surface area contributed by atoms with Crippen LogP contribution in [0.1, 0.15) is 57.4 Å². The van der Waals surface area contributed by atoms with Crippen molar-refractivity contribution in [2.75, 3.05) is 70.1 Å². The molecule has 2 aromatic carbocycles. The van der Waals surface area contributed by atoms with Crippen LogP contribution in [0.5, 0.6) is 0 Å². The molecule has 5 N–H and O–H groups in total. The molecule has 28 heteroatoms. The summed E-state index contributed by atoms with van der Waals surface area (Å²) in [6.07, 6.45) is -13.0. The highest BCUT2D eigenvalue weighted by molar-refractivity contribution is 5.88. The minimum Gasteiger partial charge on any atom is -0.453 e. The Bertz CT molecular complexity index is 2800. The van der Waals surface area contributed by atoms with Gasteiger partial charge in [-0.2, -0.15) is 40.2 Å². The molecular formula is C51H58F10N10O8. The van der Waals surface area contributed by atoms with Crippen molar-refractivity contribution < 1.29 is 82.4 Å². The summed E-state index contributed by atoms with van der Waals surface area (Å²) in [7, 11) is 1.56. The third-order valence-corrected chi connectivity index (χ3v) is 13.7. The SMILES string of the molecule is COC(=O)NC(C(=O)N[C@@H](Cc1ccc(C#Cc2ccc(N3CCN([C@@H]4CCOC4)CC3)nc2)cc1)[C@@H](O)CN(NC(=O)[C@@H](NC(=O)OC)C(C)(C)C(F)(F)F)c1c(F)cc(-c2ccn(C(F)F)n2)cc1F)C(C)(C)C(F)(F)F. The van der Waals surface area contributed by atoms with Crippen LogP contribution in [0.4, 0.5) is 65.0 Å². The third kappa shape index (κ3) is 14.9. The maximum absolute atomic E-state index is 16.4. The van der Waals surface area contributed by atoms with Crippen LogP contribution < -0.4 is 31.3 Å². The molecule has 6 rings (SSSR count). The smallest absolute Gasteiger partial charge is 0.407 e. The molecule has 79 heavy (non-hydrogen) atoms. The van der Waals surface area contributed by atoms with Gasteiger partial charge in [-0.05, 0) is 88.6 Å². The molecule has 0 aliphatic carbocycles. The number of amides is 4. The largest absolute Gasteiger partial charge is 0.453 e. The molecule has 2 aliphatic rings. The van der Waals surface area contributed by atoms with E-state index in [-0.39, 0.29) is 15.3 Å². The van der Waals surface area contributed by atoms with Gasteiger partial charge in [0.25, 0.3) is 5.91 Å². The summed E-state index contributed by atoms with van der Waals surface area (Å²) in [6.45, 7) is 2.42. The van der Waals surface area contributed by atoms with Gasteiger partial charge in [0.2, 0.25) is 5.91 Å². The summed E-state index contributed by atoms with van der Waals surface area (Å²) >= 11 is 0. The van der Waals surface area contributed by atoms with E-state index in [1.807, 2.05) is 16.8 Å². The maximum Gasteiger partial charge on any atom is 0.407 e. The number of hydrogen-bond donors (Lipinski definition) is 5. The van der Waals surface area contributed by atoms with Gasteiger partial charge in [-0.3, -0.25) is 24.9 Å². The lowest BCUT2D eigenvalue weighted by Crippen LogP contribution is -2.64. The molecule has 0 bridgehead atoms. The van der Waals surface area contributed by atoms with Gasteiger partial charge in [0.15, 0.2) is 11.6 Å². The third-order valence-electron chi connectivity index (χ3n) is 13.7. The number of ether oxygens (including phenoxy) is 3. The molecule has 0 saturated carbocycles. The molecule has 0 radical (unpaired) electrons. The van der Waals surface area contributed by atoms with Crippen LogP contribution in [-0.4, -0.2) is 152 Å². The first-order chi connectivity index (χ1) is 37.0. The molecule has 430 valence electrons. The van der Waals surface area contributed by atoms with E-state index in [1.165, 1.54) is 24.3 Å². The van der Waals surface area contributed by atoms with Crippen molar-refractivity contribution >= 4 is 35.5 Å². The Balaban J connectivity index is 1.34. The first-order valence-corrected chi connectivity index (χ1v) is 24.4. The minimum absolute atomic E-state index is 0.156. The molecular weight excluding hydrogens is 1070 g/mol. The number of nitrogens with one attached hydrogen (secondary N) is 4. The number of carbonyl (C=O) groups excluding carboxylic acids is 4. The van der Waals surface area contributed by atoms with Crippen LogP contribution in [0.25, 0.3) is 11.3 Å². The Morgan fingerprint density at radius 1 is 0.797 bits per heavy atom. The molecule has 2 aliphatic heterocycles. The number of piperazine rings is 1. The van der Waals surface area contributed by atoms with Gasteiger partial charge in [-0.15, -0.1) is 0 Å². The van der Waals surface area contributed by atoms with E-state index in [2.05, 4.69) is 46.5 Å². The quantitative estimate of drug-likeness (QED) is 0.0412. The number of alkyl carbamates (subject to hydrolysis) is 2. The fraction of sp³-hybridized carbons (Fsp3) is 0.490. The van der Waals surface area contributed by atoms with E-state index in [0.29, 0.717) is 57.0 Å². The number of alkyl halides is 8. The van der Waals surface area contributed by atoms with Crippen LogP contribution in [0, 0.1) is 34.3 Å². The second-order valence-electron chi connectivity index (χ2n) is 19.7. The van der Waals surface area contributed by atoms with Crippen molar-refractivity contribution in [2.45, 2.75) is 89.7 Å². The summed E-state index contributed by atoms with van der Waals surface area (Å²) < 4.78 is 161. The van der Waals surface area contributed by atoms with E-state index < -0.39 is 120 Å². The van der Waals surface area contributed by atoms with Gasteiger partial charge in [-0.25, -0.2) is 28.0 Å². The van der Waals surface area contributed by atoms with Crippen LogP contribution >= 0.6 is 0 Å². The molecule has 0 spiro atoms. The lowest BCUT2D eigenvalue weighted by atomic mass is 9.82. The normalized spacial score (nSPS) is 16.9. The van der Waals surface area contributed by atoms with Crippen LogP contribution in [0.2, 0.25) is 0 Å². The fourth-order valence-electron chi connectivity index (χ4n) is 8.55. The van der Waals surface area contributed by atoms with E-state index in [4.69, 9.17) is 4.74 Å². The van der Waals surface area contributed by atoms with Crippen LogP contribution in [-0.2, 0) is 30.2 Å². The predicted octanol–water partition coefficient (Wildman–Crippen LogP) is 6.48. The minimum atomic E-state index is -5.28. The number of hydrogen-bond acceptors (Lipinski definition) is 13. The predicted molar refractivity (Wildman–Crippen MR) is 264 cm³/mol. The Labute approximate surface area is 447 Å². The van der Waals surface area contributed by atoms with Crippen molar-refractivity contribution in [2.24, 2.45) is 10.8 Å². The van der Waals surface area contributed by atoms with Gasteiger partial charge in [-0.1, -0.05) is 24.0 Å². The van der Waals surface area contributed by atoms with Crippen molar-refractivity contribution in [1.82, 2.24) is 41.0 Å². The Hall–Kier alpha value is -7.38. The molecule has 5 atom stereocenters. The number of halogens is 10. The lowest BCUT2D eigenvalue weighted by Gasteiger charge is -2.38. The highest BCUT2D eigenvalue weighted by Gasteiger charge is 2.57. The zero-order valence-corrected chi connectivity index (χ0v) is 43.4. The molecule has 2 aromatic heterocycles. The fourth-order valence-corrected chi connectivity index (χ4v) is 8.55. The van der Waals surface area contributed by atoms with Gasteiger partial charge < -0.3 is 40.2 Å². The second-order valence-corrected chi connectivity index (χ2v) is 19.7. The summed E-state index contributed by atoms with van der Waals surface area (Å²) in [5, 5.41) is 21.6. The molecule has 2 fully saturated rings. The molecule has 4 aromatic rings. The summed E-state index contributed by atoms with van der Waals surface area (Å²) in [5.41, 5.74) is -5.33. The first-order valence-electron chi connectivity index (χ1n) is 24.4. The average Bonchev–Trinajstić information content (AvgIpc) is 4.16. The Morgan fingerprint density at radius 2 is 1.35 bits per heavy atom. The molecule has 1 unspecified atom stereocenters. The highest BCUT2D eigenvalue weighted by Crippen LogP contribution is 2.42. The number of methoxy groups -OCH3 is 2. The number of aromatic nitrogens is 3. The van der Waals surface area contributed by atoms with Crippen molar-refractivity contribution in [3.8, 4) is 23.1 Å². The van der Waals surface area contributed by atoms with Gasteiger partial charge in [0.05, 0.1) is 56.0 Å². The number of aliphatic hydroxyl groups is 1. The number of hydrazine groups is 1. The van der Waals surface area contributed by atoms with Gasteiger partial charge >= 0.3 is 31.1 Å².